The van der Waals surface area contributed by atoms with Gasteiger partial charge in [0, 0.05) is 18.7 Å². The molecule has 0 fully saturated rings. The molecule has 0 aromatic heterocycles. The third kappa shape index (κ3) is 9.21. The first-order valence-corrected chi connectivity index (χ1v) is 9.90. The van der Waals surface area contributed by atoms with Crippen molar-refractivity contribution in [2.24, 2.45) is 4.99 Å². The third-order valence-electron chi connectivity index (χ3n) is 4.32. The van der Waals surface area contributed by atoms with Crippen LogP contribution in [0.3, 0.4) is 0 Å². The van der Waals surface area contributed by atoms with Crippen LogP contribution >= 0.6 is 0 Å². The summed E-state index contributed by atoms with van der Waals surface area (Å²) in [6.07, 6.45) is 2.14. The smallest absolute Gasteiger partial charge is 0.387 e. The van der Waals surface area contributed by atoms with Gasteiger partial charge in [0.15, 0.2) is 5.96 Å². The lowest BCUT2D eigenvalue weighted by Crippen LogP contribution is -2.38. The molecule has 0 unspecified atom stereocenters. The Kier molecular flexibility index (Phi) is 12.0. The maximum absolute atomic E-state index is 12.6. The number of guanidine groups is 1. The van der Waals surface area contributed by atoms with Crippen molar-refractivity contribution < 1.29 is 18.3 Å². The van der Waals surface area contributed by atoms with Gasteiger partial charge in [-0.3, -0.25) is 0 Å². The fourth-order valence-corrected chi connectivity index (χ4v) is 2.73. The molecule has 0 saturated heterocycles. The molecule has 2 N–H and O–H groups in total. The molecule has 0 aliphatic rings. The van der Waals surface area contributed by atoms with Crippen LogP contribution in [0.5, 0.6) is 11.5 Å². The van der Waals surface area contributed by atoms with E-state index in [2.05, 4.69) is 39.1 Å². The summed E-state index contributed by atoms with van der Waals surface area (Å²) in [5, 5.41) is 6.46. The number of benzene rings is 1. The lowest BCUT2D eigenvalue weighted by atomic mass is 10.2. The van der Waals surface area contributed by atoms with E-state index in [0.29, 0.717) is 23.8 Å². The number of hydrogen-bond donors (Lipinski definition) is 2. The van der Waals surface area contributed by atoms with Gasteiger partial charge in [-0.2, -0.15) is 8.78 Å². The fraction of sp³-hybridized carbons (Fsp3) is 0.650. The number of hydrogen-bond acceptors (Lipinski definition) is 4. The van der Waals surface area contributed by atoms with Gasteiger partial charge in [-0.25, -0.2) is 4.99 Å². The first-order chi connectivity index (χ1) is 13.5. The van der Waals surface area contributed by atoms with Crippen molar-refractivity contribution in [2.45, 2.75) is 46.8 Å². The van der Waals surface area contributed by atoms with Gasteiger partial charge in [0.2, 0.25) is 0 Å². The maximum atomic E-state index is 12.6. The topological polar surface area (TPSA) is 58.1 Å². The number of ether oxygens (including phenoxy) is 2. The van der Waals surface area contributed by atoms with E-state index in [1.165, 1.54) is 13.2 Å². The number of nitrogens with one attached hydrogen (secondary N) is 2. The predicted molar refractivity (Wildman–Crippen MR) is 109 cm³/mol. The highest BCUT2D eigenvalue weighted by Crippen LogP contribution is 2.26. The van der Waals surface area contributed by atoms with Crippen molar-refractivity contribution in [3.8, 4) is 11.5 Å². The van der Waals surface area contributed by atoms with Crippen molar-refractivity contribution in [3.05, 3.63) is 23.8 Å². The van der Waals surface area contributed by atoms with E-state index in [1.54, 1.807) is 12.1 Å². The first-order valence-electron chi connectivity index (χ1n) is 9.90. The monoisotopic (exact) mass is 400 g/mol. The highest BCUT2D eigenvalue weighted by Gasteiger charge is 2.11. The molecule has 0 aliphatic carbocycles. The molecule has 0 spiro atoms. The van der Waals surface area contributed by atoms with Crippen LogP contribution in [0, 0.1) is 0 Å². The highest BCUT2D eigenvalue weighted by atomic mass is 19.3. The Labute approximate surface area is 167 Å². The van der Waals surface area contributed by atoms with Crippen molar-refractivity contribution in [2.75, 3.05) is 39.8 Å². The molecule has 28 heavy (non-hydrogen) atoms. The lowest BCUT2D eigenvalue weighted by Gasteiger charge is -2.18. The molecule has 1 aromatic carbocycles. The molecular formula is C20H34F2N4O2. The number of halogens is 2. The minimum absolute atomic E-state index is 0.106. The van der Waals surface area contributed by atoms with Crippen LogP contribution in [0.4, 0.5) is 8.78 Å². The second-order valence-electron chi connectivity index (χ2n) is 6.21. The number of methoxy groups -OCH3 is 1. The predicted octanol–water partition coefficient (Wildman–Crippen LogP) is 3.47. The third-order valence-corrected chi connectivity index (χ3v) is 4.32. The van der Waals surface area contributed by atoms with Crippen LogP contribution in [0.25, 0.3) is 0 Å². The molecule has 0 atom stereocenters. The number of rotatable bonds is 13. The van der Waals surface area contributed by atoms with Crippen molar-refractivity contribution in [1.29, 1.82) is 0 Å². The molecule has 8 heteroatoms. The van der Waals surface area contributed by atoms with E-state index in [0.717, 1.165) is 39.0 Å². The van der Waals surface area contributed by atoms with Gasteiger partial charge in [-0.15, -0.1) is 0 Å². The summed E-state index contributed by atoms with van der Waals surface area (Å²) in [6, 6.07) is 4.72. The van der Waals surface area contributed by atoms with Crippen LogP contribution in [0.1, 0.15) is 39.2 Å². The Morgan fingerprint density at radius 2 is 1.89 bits per heavy atom. The molecule has 0 radical (unpaired) electrons. The van der Waals surface area contributed by atoms with Gasteiger partial charge in [0.1, 0.15) is 11.5 Å². The average molecular weight is 401 g/mol. The SMILES string of the molecule is CCNC(=NCc1cc(OC)ccc1OC(F)F)NCCCCN(CC)CC. The molecule has 0 amide bonds. The van der Waals surface area contributed by atoms with Crippen LogP contribution in [0.2, 0.25) is 0 Å². The van der Waals surface area contributed by atoms with Gasteiger partial charge in [0.25, 0.3) is 0 Å². The van der Waals surface area contributed by atoms with Gasteiger partial charge in [0.05, 0.1) is 13.7 Å². The summed E-state index contributed by atoms with van der Waals surface area (Å²) in [5.74, 6) is 1.33. The van der Waals surface area contributed by atoms with E-state index >= 15 is 0 Å². The van der Waals surface area contributed by atoms with Crippen LogP contribution in [-0.2, 0) is 6.54 Å². The summed E-state index contributed by atoms with van der Waals surface area (Å²) in [6.45, 7) is 8.37. The van der Waals surface area contributed by atoms with Crippen molar-refractivity contribution in [3.63, 3.8) is 0 Å². The summed E-state index contributed by atoms with van der Waals surface area (Å²) < 4.78 is 35.0. The number of aliphatic imine (C=N–C) groups is 1. The summed E-state index contributed by atoms with van der Waals surface area (Å²) in [7, 11) is 1.53. The van der Waals surface area contributed by atoms with Gasteiger partial charge in [-0.1, -0.05) is 13.8 Å². The van der Waals surface area contributed by atoms with Crippen LogP contribution in [0.15, 0.2) is 23.2 Å². The molecule has 160 valence electrons. The van der Waals surface area contributed by atoms with Crippen LogP contribution < -0.4 is 20.1 Å². The van der Waals surface area contributed by atoms with Gasteiger partial charge in [-0.05, 0) is 57.6 Å². The first kappa shape index (κ1) is 23.9. The Balaban J connectivity index is 2.65. The quantitative estimate of drug-likeness (QED) is 0.302. The fourth-order valence-electron chi connectivity index (χ4n) is 2.73. The Bertz CT molecular complexity index is 581. The molecule has 0 bridgehead atoms. The van der Waals surface area contributed by atoms with E-state index < -0.39 is 6.61 Å². The molecular weight excluding hydrogens is 366 g/mol. The van der Waals surface area contributed by atoms with E-state index in [-0.39, 0.29) is 12.3 Å². The lowest BCUT2D eigenvalue weighted by molar-refractivity contribution is -0.0504. The Hall–Kier alpha value is -2.09. The van der Waals surface area contributed by atoms with E-state index in [9.17, 15) is 8.78 Å². The molecule has 6 nitrogen and oxygen atoms in total. The van der Waals surface area contributed by atoms with E-state index in [1.807, 2.05) is 6.92 Å². The van der Waals surface area contributed by atoms with Gasteiger partial charge >= 0.3 is 6.61 Å². The zero-order valence-corrected chi connectivity index (χ0v) is 17.4. The number of nitrogens with zero attached hydrogens (tertiary/aromatic N) is 2. The summed E-state index contributed by atoms with van der Waals surface area (Å²) >= 11 is 0. The highest BCUT2D eigenvalue weighted by molar-refractivity contribution is 5.79. The number of alkyl halides is 2. The minimum Gasteiger partial charge on any atom is -0.497 e. The molecule has 1 aromatic rings. The van der Waals surface area contributed by atoms with Crippen molar-refractivity contribution >= 4 is 5.96 Å². The standard InChI is InChI=1S/C20H34F2N4O2/c1-5-23-20(24-12-8-9-13-26(6-2)7-3)25-15-16-14-17(27-4)10-11-18(16)28-19(21)22/h10-11,14,19H,5-9,12-13,15H2,1-4H3,(H2,23,24,25). The Morgan fingerprint density at radius 1 is 1.14 bits per heavy atom. The van der Waals surface area contributed by atoms with Gasteiger partial charge < -0.3 is 25.0 Å². The summed E-state index contributed by atoms with van der Waals surface area (Å²) in [4.78, 5) is 6.89. The number of unbranched alkanes of at least 4 members (excludes halogenated alkanes) is 1. The maximum Gasteiger partial charge on any atom is 0.387 e. The minimum atomic E-state index is -2.88. The molecule has 1 rings (SSSR count). The normalized spacial score (nSPS) is 11.8. The molecule has 0 aliphatic heterocycles. The second kappa shape index (κ2) is 14.0. The zero-order chi connectivity index (χ0) is 20.8. The Morgan fingerprint density at radius 3 is 2.50 bits per heavy atom. The largest absolute Gasteiger partial charge is 0.497 e. The zero-order valence-electron chi connectivity index (χ0n) is 17.4. The van der Waals surface area contributed by atoms with E-state index in [4.69, 9.17) is 4.74 Å². The summed E-state index contributed by atoms with van der Waals surface area (Å²) in [5.41, 5.74) is 0.540. The average Bonchev–Trinajstić information content (AvgIpc) is 2.69. The second-order valence-corrected chi connectivity index (χ2v) is 6.21. The molecule has 0 heterocycles. The molecule has 0 saturated carbocycles. The van der Waals surface area contributed by atoms with Crippen molar-refractivity contribution in [1.82, 2.24) is 15.5 Å². The van der Waals surface area contributed by atoms with Crippen LogP contribution in [-0.4, -0.2) is 57.3 Å².